The van der Waals surface area contributed by atoms with Gasteiger partial charge in [0.2, 0.25) is 0 Å². The molecule has 1 atom stereocenters. The van der Waals surface area contributed by atoms with Crippen molar-refractivity contribution in [3.8, 4) is 0 Å². The molecular formula is C9H16N4O2. The Morgan fingerprint density at radius 3 is 3.00 bits per heavy atom. The number of aromatic nitrogens is 3. The van der Waals surface area contributed by atoms with Gasteiger partial charge < -0.3 is 10.4 Å². The fourth-order valence-electron chi connectivity index (χ4n) is 1.26. The first-order chi connectivity index (χ1) is 7.08. The van der Waals surface area contributed by atoms with Gasteiger partial charge in [-0.25, -0.2) is 4.98 Å². The van der Waals surface area contributed by atoms with Crippen LogP contribution in [0.15, 0.2) is 6.33 Å². The molecule has 6 heteroatoms. The summed E-state index contributed by atoms with van der Waals surface area (Å²) in [7, 11) is 1.82. The lowest BCUT2D eigenvalue weighted by atomic mass is 10.2. The highest BCUT2D eigenvalue weighted by Gasteiger charge is 2.06. The van der Waals surface area contributed by atoms with E-state index in [0.29, 0.717) is 13.0 Å². The second-order valence-corrected chi connectivity index (χ2v) is 3.54. The Balaban J connectivity index is 2.18. The lowest BCUT2D eigenvalue weighted by Gasteiger charge is -2.09. The zero-order chi connectivity index (χ0) is 11.3. The van der Waals surface area contributed by atoms with Crippen LogP contribution in [0.25, 0.3) is 0 Å². The molecule has 0 aromatic carbocycles. The number of rotatable bonds is 6. The molecule has 84 valence electrons. The van der Waals surface area contributed by atoms with Crippen LogP contribution in [-0.2, 0) is 18.3 Å². The smallest absolute Gasteiger partial charge is 0.304 e. The molecule has 6 nitrogen and oxygen atoms in total. The van der Waals surface area contributed by atoms with Crippen molar-refractivity contribution in [2.24, 2.45) is 7.05 Å². The summed E-state index contributed by atoms with van der Waals surface area (Å²) in [6, 6.07) is -0.0220. The molecule has 1 aromatic rings. The monoisotopic (exact) mass is 212 g/mol. The number of nitrogens with one attached hydrogen (secondary N) is 1. The summed E-state index contributed by atoms with van der Waals surface area (Å²) in [6.45, 7) is 2.54. The molecule has 2 N–H and O–H groups in total. The molecule has 0 aliphatic carbocycles. The zero-order valence-corrected chi connectivity index (χ0v) is 8.97. The van der Waals surface area contributed by atoms with Crippen LogP contribution in [-0.4, -0.2) is 38.4 Å². The van der Waals surface area contributed by atoms with Crippen LogP contribution in [0.3, 0.4) is 0 Å². The van der Waals surface area contributed by atoms with Crippen LogP contribution >= 0.6 is 0 Å². The number of hydrogen-bond acceptors (Lipinski definition) is 4. The van der Waals surface area contributed by atoms with E-state index in [1.165, 1.54) is 0 Å². The topological polar surface area (TPSA) is 80.0 Å². The molecule has 0 radical (unpaired) electrons. The van der Waals surface area contributed by atoms with E-state index in [-0.39, 0.29) is 12.5 Å². The quantitative estimate of drug-likeness (QED) is 0.683. The van der Waals surface area contributed by atoms with Crippen LogP contribution in [0, 0.1) is 0 Å². The van der Waals surface area contributed by atoms with Crippen molar-refractivity contribution < 1.29 is 9.90 Å². The first-order valence-electron chi connectivity index (χ1n) is 4.87. The van der Waals surface area contributed by atoms with E-state index in [1.807, 2.05) is 14.0 Å². The molecule has 15 heavy (non-hydrogen) atoms. The molecule has 1 heterocycles. The van der Waals surface area contributed by atoms with Crippen LogP contribution in [0.1, 0.15) is 19.2 Å². The third-order valence-electron chi connectivity index (χ3n) is 1.97. The van der Waals surface area contributed by atoms with Gasteiger partial charge in [0.1, 0.15) is 6.33 Å². The first kappa shape index (κ1) is 11.6. The van der Waals surface area contributed by atoms with E-state index in [2.05, 4.69) is 15.4 Å². The van der Waals surface area contributed by atoms with Crippen molar-refractivity contribution >= 4 is 5.97 Å². The van der Waals surface area contributed by atoms with Crippen molar-refractivity contribution in [2.75, 3.05) is 6.54 Å². The fraction of sp³-hybridized carbons (Fsp3) is 0.667. The normalized spacial score (nSPS) is 12.7. The zero-order valence-electron chi connectivity index (χ0n) is 8.97. The average Bonchev–Trinajstić information content (AvgIpc) is 2.50. The Morgan fingerprint density at radius 1 is 1.73 bits per heavy atom. The molecule has 0 amide bonds. The van der Waals surface area contributed by atoms with Gasteiger partial charge >= 0.3 is 5.97 Å². The van der Waals surface area contributed by atoms with Gasteiger partial charge in [0.15, 0.2) is 5.82 Å². The highest BCUT2D eigenvalue weighted by atomic mass is 16.4. The molecule has 0 fully saturated rings. The third kappa shape index (κ3) is 4.55. The Hall–Kier alpha value is -1.43. The van der Waals surface area contributed by atoms with E-state index >= 15 is 0 Å². The number of nitrogens with zero attached hydrogens (tertiary/aromatic N) is 3. The number of carboxylic acid groups (broad SMARTS) is 1. The molecule has 1 rings (SSSR count). The maximum Gasteiger partial charge on any atom is 0.304 e. The molecule has 0 aliphatic heterocycles. The highest BCUT2D eigenvalue weighted by Crippen LogP contribution is 1.92. The van der Waals surface area contributed by atoms with Crippen LogP contribution in [0.5, 0.6) is 0 Å². The number of hydrogen-bond donors (Lipinski definition) is 2. The van der Waals surface area contributed by atoms with Gasteiger partial charge in [-0.1, -0.05) is 0 Å². The van der Waals surface area contributed by atoms with E-state index in [1.54, 1.807) is 11.0 Å². The minimum absolute atomic E-state index is 0.0220. The van der Waals surface area contributed by atoms with Gasteiger partial charge in [0.25, 0.3) is 0 Å². The largest absolute Gasteiger partial charge is 0.481 e. The van der Waals surface area contributed by atoms with E-state index < -0.39 is 5.97 Å². The average molecular weight is 212 g/mol. The molecular weight excluding hydrogens is 196 g/mol. The number of carboxylic acids is 1. The van der Waals surface area contributed by atoms with Crippen molar-refractivity contribution in [2.45, 2.75) is 25.8 Å². The summed E-state index contributed by atoms with van der Waals surface area (Å²) >= 11 is 0. The van der Waals surface area contributed by atoms with Gasteiger partial charge in [0.05, 0.1) is 6.42 Å². The summed E-state index contributed by atoms with van der Waals surface area (Å²) < 4.78 is 1.65. The second-order valence-electron chi connectivity index (χ2n) is 3.54. The minimum atomic E-state index is -0.786. The van der Waals surface area contributed by atoms with E-state index in [4.69, 9.17) is 5.11 Å². The van der Waals surface area contributed by atoms with Crippen molar-refractivity contribution in [1.82, 2.24) is 20.1 Å². The maximum atomic E-state index is 10.4. The van der Waals surface area contributed by atoms with Gasteiger partial charge in [-0.2, -0.15) is 5.10 Å². The summed E-state index contributed by atoms with van der Waals surface area (Å²) in [5.74, 6) is -0.0153. The molecule has 0 aliphatic rings. The Kier molecular flexibility index (Phi) is 4.23. The number of aryl methyl sites for hydroxylation is 1. The summed E-state index contributed by atoms with van der Waals surface area (Å²) in [4.78, 5) is 14.4. The number of aliphatic carboxylic acids is 1. The van der Waals surface area contributed by atoms with Gasteiger partial charge in [-0.15, -0.1) is 0 Å². The standard InChI is InChI=1S/C9H16N4O2/c1-7(5-9(14)15)10-4-3-8-11-6-13(2)12-8/h6-7,10H,3-5H2,1-2H3,(H,14,15). The molecule has 0 bridgehead atoms. The minimum Gasteiger partial charge on any atom is -0.481 e. The Morgan fingerprint density at radius 2 is 2.47 bits per heavy atom. The van der Waals surface area contributed by atoms with Gasteiger partial charge in [-0.3, -0.25) is 9.48 Å². The van der Waals surface area contributed by atoms with E-state index in [9.17, 15) is 4.79 Å². The first-order valence-corrected chi connectivity index (χ1v) is 4.87. The van der Waals surface area contributed by atoms with Crippen LogP contribution in [0.4, 0.5) is 0 Å². The second kappa shape index (κ2) is 5.45. The molecule has 0 spiro atoms. The number of carbonyl (C=O) groups is 1. The summed E-state index contributed by atoms with van der Waals surface area (Å²) in [6.07, 6.45) is 2.50. The van der Waals surface area contributed by atoms with Crippen LogP contribution in [0.2, 0.25) is 0 Å². The SMILES string of the molecule is CC(CC(=O)O)NCCc1ncn(C)n1. The summed E-state index contributed by atoms with van der Waals surface area (Å²) in [5, 5.41) is 15.8. The molecule has 1 unspecified atom stereocenters. The molecule has 0 saturated carbocycles. The van der Waals surface area contributed by atoms with Gasteiger partial charge in [-0.05, 0) is 6.92 Å². The highest BCUT2D eigenvalue weighted by molar-refractivity contribution is 5.67. The van der Waals surface area contributed by atoms with Crippen molar-refractivity contribution in [3.05, 3.63) is 12.2 Å². The fourth-order valence-corrected chi connectivity index (χ4v) is 1.26. The van der Waals surface area contributed by atoms with Crippen LogP contribution < -0.4 is 5.32 Å². The molecule has 0 saturated heterocycles. The summed E-state index contributed by atoms with van der Waals surface area (Å²) in [5.41, 5.74) is 0. The lowest BCUT2D eigenvalue weighted by Crippen LogP contribution is -2.30. The maximum absolute atomic E-state index is 10.4. The lowest BCUT2D eigenvalue weighted by molar-refractivity contribution is -0.137. The van der Waals surface area contributed by atoms with Crippen molar-refractivity contribution in [3.63, 3.8) is 0 Å². The van der Waals surface area contributed by atoms with Gasteiger partial charge in [0, 0.05) is 26.1 Å². The van der Waals surface area contributed by atoms with E-state index in [0.717, 1.165) is 5.82 Å². The van der Waals surface area contributed by atoms with Crippen molar-refractivity contribution in [1.29, 1.82) is 0 Å². The predicted octanol–water partition coefficient (Wildman–Crippen LogP) is -0.190. The third-order valence-corrected chi connectivity index (χ3v) is 1.97. The molecule has 1 aromatic heterocycles. The predicted molar refractivity (Wildman–Crippen MR) is 54.4 cm³/mol. The Bertz CT molecular complexity index is 324. The Labute approximate surface area is 88.3 Å².